The van der Waals surface area contributed by atoms with Gasteiger partial charge in [-0.1, -0.05) is 0 Å². The molecule has 0 radical (unpaired) electrons. The summed E-state index contributed by atoms with van der Waals surface area (Å²) in [5.74, 6) is 0.402. The molecule has 0 aliphatic carbocycles. The first-order valence-corrected chi connectivity index (χ1v) is 8.92. The summed E-state index contributed by atoms with van der Waals surface area (Å²) in [5, 5.41) is 13.0. The predicted molar refractivity (Wildman–Crippen MR) is 95.7 cm³/mol. The molecule has 2 aliphatic heterocycles. The Morgan fingerprint density at radius 2 is 2.04 bits per heavy atom. The zero-order valence-electron chi connectivity index (χ0n) is 14.6. The quantitative estimate of drug-likeness (QED) is 0.790. The van der Waals surface area contributed by atoms with Gasteiger partial charge in [0.05, 0.1) is 43.3 Å². The molecule has 2 aliphatic rings. The fourth-order valence-corrected chi connectivity index (χ4v) is 3.29. The Morgan fingerprint density at radius 1 is 1.23 bits per heavy atom. The van der Waals surface area contributed by atoms with Crippen molar-refractivity contribution in [2.45, 2.75) is 31.4 Å². The molecule has 2 fully saturated rings. The van der Waals surface area contributed by atoms with E-state index < -0.39 is 0 Å². The van der Waals surface area contributed by atoms with Gasteiger partial charge in [-0.05, 0) is 12.5 Å². The number of ether oxygens (including phenoxy) is 3. The standard InChI is InChI=1S/C18H23N5O3/c19-15-1-5-21-18(26-14-3-7-24-8-4-14)16(15)17(20)12-9-22-23(10-12)13-2-6-25-11-13/h1,5,9-10,13-14,20H,2-4,6-8,11H2,(H2,19,21). The first-order valence-electron chi connectivity index (χ1n) is 8.92. The molecule has 8 nitrogen and oxygen atoms in total. The van der Waals surface area contributed by atoms with Crippen molar-refractivity contribution in [1.82, 2.24) is 14.8 Å². The molecular weight excluding hydrogens is 334 g/mol. The van der Waals surface area contributed by atoms with E-state index in [-0.39, 0.29) is 17.9 Å². The maximum absolute atomic E-state index is 8.64. The normalized spacial score (nSPS) is 21.0. The fourth-order valence-electron chi connectivity index (χ4n) is 3.29. The molecule has 8 heteroatoms. The SMILES string of the molecule is N=C(c1cnn(C2CCOC2)c1)c1c(N)ccnc1OC1CCOCC1. The zero-order valence-corrected chi connectivity index (χ0v) is 14.6. The van der Waals surface area contributed by atoms with Gasteiger partial charge in [0.25, 0.3) is 0 Å². The van der Waals surface area contributed by atoms with Crippen molar-refractivity contribution in [2.75, 3.05) is 32.2 Å². The van der Waals surface area contributed by atoms with Crippen molar-refractivity contribution >= 4 is 11.4 Å². The lowest BCUT2D eigenvalue weighted by atomic mass is 10.0. The van der Waals surface area contributed by atoms with Crippen LogP contribution in [0.4, 0.5) is 5.69 Å². The average Bonchev–Trinajstić information content (AvgIpc) is 3.34. The number of nitrogens with one attached hydrogen (secondary N) is 1. The van der Waals surface area contributed by atoms with Gasteiger partial charge < -0.3 is 19.9 Å². The maximum Gasteiger partial charge on any atom is 0.225 e. The van der Waals surface area contributed by atoms with Gasteiger partial charge >= 0.3 is 0 Å². The summed E-state index contributed by atoms with van der Waals surface area (Å²) in [7, 11) is 0. The second-order valence-corrected chi connectivity index (χ2v) is 6.61. The van der Waals surface area contributed by atoms with Crippen LogP contribution in [0.5, 0.6) is 5.88 Å². The number of aromatic nitrogens is 3. The first-order chi connectivity index (χ1) is 12.7. The van der Waals surface area contributed by atoms with Crippen molar-refractivity contribution in [2.24, 2.45) is 0 Å². The van der Waals surface area contributed by atoms with Gasteiger partial charge in [0.1, 0.15) is 6.10 Å². The van der Waals surface area contributed by atoms with Gasteiger partial charge in [0, 0.05) is 43.1 Å². The van der Waals surface area contributed by atoms with E-state index in [9.17, 15) is 0 Å². The summed E-state index contributed by atoms with van der Waals surface area (Å²) in [6, 6.07) is 1.91. The Labute approximate surface area is 151 Å². The Bertz CT molecular complexity index is 779. The van der Waals surface area contributed by atoms with Gasteiger partial charge in [0.15, 0.2) is 0 Å². The van der Waals surface area contributed by atoms with Crippen LogP contribution in [0.1, 0.15) is 36.4 Å². The zero-order chi connectivity index (χ0) is 17.9. The fraction of sp³-hybridized carbons (Fsp3) is 0.500. The minimum absolute atomic E-state index is 0.0305. The van der Waals surface area contributed by atoms with E-state index in [1.54, 1.807) is 18.5 Å². The van der Waals surface area contributed by atoms with Crippen LogP contribution in [-0.4, -0.2) is 53.0 Å². The summed E-state index contributed by atoms with van der Waals surface area (Å²) in [5.41, 5.74) is 8.11. The summed E-state index contributed by atoms with van der Waals surface area (Å²) >= 11 is 0. The van der Waals surface area contributed by atoms with E-state index in [2.05, 4.69) is 10.1 Å². The highest BCUT2D eigenvalue weighted by Crippen LogP contribution is 2.28. The van der Waals surface area contributed by atoms with Crippen LogP contribution in [0.25, 0.3) is 0 Å². The van der Waals surface area contributed by atoms with Gasteiger partial charge in [0.2, 0.25) is 5.88 Å². The molecule has 0 spiro atoms. The van der Waals surface area contributed by atoms with Crippen LogP contribution in [0, 0.1) is 5.41 Å². The molecule has 4 heterocycles. The summed E-state index contributed by atoms with van der Waals surface area (Å²) < 4.78 is 18.7. The second-order valence-electron chi connectivity index (χ2n) is 6.61. The van der Waals surface area contributed by atoms with Gasteiger partial charge in [-0.3, -0.25) is 10.1 Å². The van der Waals surface area contributed by atoms with Crippen LogP contribution in [-0.2, 0) is 9.47 Å². The summed E-state index contributed by atoms with van der Waals surface area (Å²) in [6.45, 7) is 2.75. The average molecular weight is 357 g/mol. The third-order valence-corrected chi connectivity index (χ3v) is 4.82. The molecule has 0 aromatic carbocycles. The molecule has 2 saturated heterocycles. The van der Waals surface area contributed by atoms with Crippen molar-refractivity contribution in [3.63, 3.8) is 0 Å². The van der Waals surface area contributed by atoms with E-state index in [4.69, 9.17) is 25.4 Å². The molecule has 3 N–H and O–H groups in total. The molecule has 2 aromatic heterocycles. The molecule has 1 atom stereocenters. The number of nitrogens with zero attached hydrogens (tertiary/aromatic N) is 3. The van der Waals surface area contributed by atoms with Crippen LogP contribution in [0.15, 0.2) is 24.7 Å². The Balaban J connectivity index is 1.58. The lowest BCUT2D eigenvalue weighted by Gasteiger charge is -2.24. The first kappa shape index (κ1) is 17.0. The van der Waals surface area contributed by atoms with Crippen LogP contribution >= 0.6 is 0 Å². The molecular formula is C18H23N5O3. The Hall–Kier alpha value is -2.45. The highest BCUT2D eigenvalue weighted by Gasteiger charge is 2.24. The van der Waals surface area contributed by atoms with Gasteiger partial charge in [-0.25, -0.2) is 4.98 Å². The van der Waals surface area contributed by atoms with Crippen LogP contribution < -0.4 is 10.5 Å². The largest absolute Gasteiger partial charge is 0.474 e. The van der Waals surface area contributed by atoms with Crippen molar-refractivity contribution in [3.05, 3.63) is 35.8 Å². The smallest absolute Gasteiger partial charge is 0.225 e. The number of pyridine rings is 1. The molecule has 138 valence electrons. The van der Waals surface area contributed by atoms with Crippen LogP contribution in [0.2, 0.25) is 0 Å². The minimum atomic E-state index is 0.0305. The lowest BCUT2D eigenvalue weighted by molar-refractivity contribution is 0.0237. The highest BCUT2D eigenvalue weighted by atomic mass is 16.5. The number of nitrogens with two attached hydrogens (primary N) is 1. The highest BCUT2D eigenvalue weighted by molar-refractivity contribution is 6.15. The summed E-state index contributed by atoms with van der Waals surface area (Å²) in [6.07, 6.45) is 7.74. The minimum Gasteiger partial charge on any atom is -0.474 e. The van der Waals surface area contributed by atoms with Crippen molar-refractivity contribution in [1.29, 1.82) is 5.41 Å². The predicted octanol–water partition coefficient (Wildman–Crippen LogP) is 1.80. The van der Waals surface area contributed by atoms with E-state index in [0.29, 0.717) is 42.5 Å². The molecule has 0 saturated carbocycles. The Morgan fingerprint density at radius 3 is 2.81 bits per heavy atom. The number of hydrogen-bond donors (Lipinski definition) is 2. The molecule has 26 heavy (non-hydrogen) atoms. The van der Waals surface area contributed by atoms with Gasteiger partial charge in [-0.2, -0.15) is 5.10 Å². The molecule has 0 bridgehead atoms. The lowest BCUT2D eigenvalue weighted by Crippen LogP contribution is -2.27. The second kappa shape index (κ2) is 7.43. The summed E-state index contributed by atoms with van der Waals surface area (Å²) in [4.78, 5) is 4.33. The van der Waals surface area contributed by atoms with Crippen molar-refractivity contribution in [3.8, 4) is 5.88 Å². The number of nitrogen functional groups attached to an aromatic ring is 1. The molecule has 1 unspecified atom stereocenters. The number of rotatable bonds is 5. The third-order valence-electron chi connectivity index (χ3n) is 4.82. The van der Waals surface area contributed by atoms with E-state index in [1.165, 1.54) is 0 Å². The van der Waals surface area contributed by atoms with Crippen LogP contribution in [0.3, 0.4) is 0 Å². The van der Waals surface area contributed by atoms with E-state index in [1.807, 2.05) is 10.9 Å². The van der Waals surface area contributed by atoms with Gasteiger partial charge in [-0.15, -0.1) is 0 Å². The number of hydrogen-bond acceptors (Lipinski definition) is 7. The third kappa shape index (κ3) is 3.42. The van der Waals surface area contributed by atoms with E-state index in [0.717, 1.165) is 25.9 Å². The topological polar surface area (TPSA) is 108 Å². The Kier molecular flexibility index (Phi) is 4.85. The molecule has 4 rings (SSSR count). The van der Waals surface area contributed by atoms with Crippen molar-refractivity contribution < 1.29 is 14.2 Å². The molecule has 2 aromatic rings. The monoisotopic (exact) mass is 357 g/mol. The number of anilines is 1. The maximum atomic E-state index is 8.64. The van der Waals surface area contributed by atoms with E-state index >= 15 is 0 Å². The molecule has 0 amide bonds.